The predicted octanol–water partition coefficient (Wildman–Crippen LogP) is 4.84. The van der Waals surface area contributed by atoms with Gasteiger partial charge in [0.2, 0.25) is 0 Å². The van der Waals surface area contributed by atoms with Crippen molar-refractivity contribution in [1.29, 1.82) is 0 Å². The standard InChI is InChI=1S/C18H22ClF3N2O3/c1-10-6-12(9-16(2,3)8-10)23-15(25)24-18(17(20,21)22)26-13-5-4-11(19)7-14(13)27-18/h4-5,7,10,12H,6,8-9H2,1-3H3,(H2,23,24,25). The summed E-state index contributed by atoms with van der Waals surface area (Å²) in [5.41, 5.74) is 0.00463. The molecule has 1 aliphatic carbocycles. The van der Waals surface area contributed by atoms with Gasteiger partial charge in [0.15, 0.2) is 11.5 Å². The maximum absolute atomic E-state index is 13.7. The lowest BCUT2D eigenvalue weighted by atomic mass is 9.71. The number of alkyl halides is 3. The largest absolute Gasteiger partial charge is 0.492 e. The van der Waals surface area contributed by atoms with Crippen LogP contribution < -0.4 is 20.1 Å². The van der Waals surface area contributed by atoms with E-state index in [2.05, 4.69) is 26.1 Å². The molecule has 0 spiro atoms. The summed E-state index contributed by atoms with van der Waals surface area (Å²) in [5.74, 6) is -3.27. The summed E-state index contributed by atoms with van der Waals surface area (Å²) >= 11 is 5.79. The van der Waals surface area contributed by atoms with Gasteiger partial charge in [0.05, 0.1) is 0 Å². The SMILES string of the molecule is CC1CC(NC(=O)NC2(C(F)(F)F)Oc3ccc(Cl)cc3O2)CC(C)(C)C1. The molecule has 0 saturated heterocycles. The number of urea groups is 1. The van der Waals surface area contributed by atoms with Crippen molar-refractivity contribution in [2.45, 2.75) is 58.2 Å². The Kier molecular flexibility index (Phi) is 4.91. The van der Waals surface area contributed by atoms with Gasteiger partial charge in [-0.05, 0) is 42.7 Å². The maximum Gasteiger partial charge on any atom is 0.492 e. The topological polar surface area (TPSA) is 59.6 Å². The van der Waals surface area contributed by atoms with Gasteiger partial charge in [-0.3, -0.25) is 5.32 Å². The van der Waals surface area contributed by atoms with E-state index in [1.54, 1.807) is 0 Å². The van der Waals surface area contributed by atoms with Gasteiger partial charge in [-0.25, -0.2) is 4.79 Å². The number of ether oxygens (including phenoxy) is 2. The highest BCUT2D eigenvalue weighted by molar-refractivity contribution is 6.30. The number of nitrogens with one attached hydrogen (secondary N) is 2. The van der Waals surface area contributed by atoms with Crippen molar-refractivity contribution in [3.63, 3.8) is 0 Å². The Labute approximate surface area is 160 Å². The average Bonchev–Trinajstić information content (AvgIpc) is 2.82. The van der Waals surface area contributed by atoms with Crippen LogP contribution in [0.3, 0.4) is 0 Å². The molecule has 0 bridgehead atoms. The first-order valence-corrected chi connectivity index (χ1v) is 9.10. The molecule has 1 aromatic rings. The maximum atomic E-state index is 13.7. The Bertz CT molecular complexity index is 741. The molecule has 9 heteroatoms. The third-order valence-corrected chi connectivity index (χ3v) is 5.02. The molecule has 5 nitrogen and oxygen atoms in total. The highest BCUT2D eigenvalue weighted by Gasteiger charge is 2.65. The Hall–Kier alpha value is -1.83. The molecule has 150 valence electrons. The molecule has 0 aromatic heterocycles. The van der Waals surface area contributed by atoms with E-state index >= 15 is 0 Å². The van der Waals surface area contributed by atoms with E-state index in [4.69, 9.17) is 21.1 Å². The second-order valence-corrected chi connectivity index (χ2v) is 8.55. The number of halogens is 4. The second kappa shape index (κ2) is 6.65. The summed E-state index contributed by atoms with van der Waals surface area (Å²) in [4.78, 5) is 12.3. The molecule has 1 aliphatic heterocycles. The summed E-state index contributed by atoms with van der Waals surface area (Å²) in [6.07, 6.45) is -2.62. The first-order chi connectivity index (χ1) is 12.4. The molecule has 1 fully saturated rings. The van der Waals surface area contributed by atoms with Crippen molar-refractivity contribution in [3.8, 4) is 11.5 Å². The molecule has 1 saturated carbocycles. The molecule has 1 heterocycles. The van der Waals surface area contributed by atoms with Gasteiger partial charge in [-0.1, -0.05) is 32.4 Å². The van der Waals surface area contributed by atoms with E-state index < -0.39 is 18.1 Å². The van der Waals surface area contributed by atoms with Gasteiger partial charge in [-0.15, -0.1) is 0 Å². The Balaban J connectivity index is 1.74. The minimum Gasteiger partial charge on any atom is -0.424 e. The van der Waals surface area contributed by atoms with Crippen LogP contribution in [-0.4, -0.2) is 24.2 Å². The molecule has 2 amide bonds. The van der Waals surface area contributed by atoms with E-state index in [1.165, 1.54) is 18.2 Å². The third-order valence-electron chi connectivity index (χ3n) is 4.79. The van der Waals surface area contributed by atoms with Crippen LogP contribution in [0.2, 0.25) is 5.02 Å². The Morgan fingerprint density at radius 3 is 2.52 bits per heavy atom. The van der Waals surface area contributed by atoms with Gasteiger partial charge in [0.25, 0.3) is 0 Å². The normalized spacial score (nSPS) is 29.3. The zero-order valence-corrected chi connectivity index (χ0v) is 16.0. The lowest BCUT2D eigenvalue weighted by Gasteiger charge is -2.39. The number of carbonyl (C=O) groups excluding carboxylic acids is 1. The fourth-order valence-electron chi connectivity index (χ4n) is 4.04. The number of fused-ring (bicyclic) bond motifs is 1. The highest BCUT2D eigenvalue weighted by atomic mass is 35.5. The zero-order valence-electron chi connectivity index (χ0n) is 15.2. The van der Waals surface area contributed by atoms with Crippen LogP contribution >= 0.6 is 11.6 Å². The van der Waals surface area contributed by atoms with Crippen LogP contribution in [0.5, 0.6) is 11.5 Å². The monoisotopic (exact) mass is 406 g/mol. The minimum atomic E-state index is -5.00. The molecule has 1 aromatic carbocycles. The van der Waals surface area contributed by atoms with Crippen LogP contribution in [-0.2, 0) is 0 Å². The van der Waals surface area contributed by atoms with E-state index in [1.807, 2.05) is 5.32 Å². The van der Waals surface area contributed by atoms with Gasteiger partial charge >= 0.3 is 18.1 Å². The summed E-state index contributed by atoms with van der Waals surface area (Å²) in [5, 5.41) is 4.65. The Morgan fingerprint density at radius 1 is 1.22 bits per heavy atom. The van der Waals surface area contributed by atoms with Crippen molar-refractivity contribution in [3.05, 3.63) is 23.2 Å². The number of carbonyl (C=O) groups is 1. The summed E-state index contributed by atoms with van der Waals surface area (Å²) < 4.78 is 51.0. The second-order valence-electron chi connectivity index (χ2n) is 8.12. The minimum absolute atomic E-state index is 0.00463. The fraction of sp³-hybridized carbons (Fsp3) is 0.611. The van der Waals surface area contributed by atoms with Gasteiger partial charge in [-0.2, -0.15) is 13.2 Å². The molecule has 2 N–H and O–H groups in total. The van der Waals surface area contributed by atoms with Gasteiger partial charge in [0, 0.05) is 17.1 Å². The number of amides is 2. The molecule has 3 unspecified atom stereocenters. The number of hydrogen-bond donors (Lipinski definition) is 2. The van der Waals surface area contributed by atoms with Crippen LogP contribution in [0.4, 0.5) is 18.0 Å². The summed E-state index contributed by atoms with van der Waals surface area (Å²) in [6, 6.07) is 2.61. The molecule has 2 aliphatic rings. The van der Waals surface area contributed by atoms with Crippen LogP contribution in [0.1, 0.15) is 40.0 Å². The van der Waals surface area contributed by atoms with Crippen molar-refractivity contribution < 1.29 is 27.4 Å². The summed E-state index contributed by atoms with van der Waals surface area (Å²) in [6.45, 7) is 6.22. The Morgan fingerprint density at radius 2 is 1.89 bits per heavy atom. The third kappa shape index (κ3) is 4.20. The predicted molar refractivity (Wildman–Crippen MR) is 93.7 cm³/mol. The van der Waals surface area contributed by atoms with Crippen molar-refractivity contribution in [2.24, 2.45) is 11.3 Å². The van der Waals surface area contributed by atoms with Crippen LogP contribution in [0, 0.1) is 11.3 Å². The number of benzene rings is 1. The molecule has 3 rings (SSSR count). The van der Waals surface area contributed by atoms with Crippen LogP contribution in [0.25, 0.3) is 0 Å². The number of rotatable bonds is 2. The van der Waals surface area contributed by atoms with Crippen molar-refractivity contribution in [2.75, 3.05) is 0 Å². The number of hydrogen-bond acceptors (Lipinski definition) is 3. The molecular weight excluding hydrogens is 385 g/mol. The first kappa shape index (κ1) is 19.9. The van der Waals surface area contributed by atoms with Gasteiger partial charge < -0.3 is 14.8 Å². The lowest BCUT2D eigenvalue weighted by Crippen LogP contribution is -2.67. The van der Waals surface area contributed by atoms with E-state index in [-0.39, 0.29) is 28.0 Å². The molecular formula is C18H22ClF3N2O3. The van der Waals surface area contributed by atoms with Crippen molar-refractivity contribution in [1.82, 2.24) is 10.6 Å². The van der Waals surface area contributed by atoms with Crippen LogP contribution in [0.15, 0.2) is 18.2 Å². The first-order valence-electron chi connectivity index (χ1n) is 8.72. The molecule has 27 heavy (non-hydrogen) atoms. The van der Waals surface area contributed by atoms with Gasteiger partial charge in [0.1, 0.15) is 0 Å². The summed E-state index contributed by atoms with van der Waals surface area (Å²) in [7, 11) is 0. The average molecular weight is 407 g/mol. The molecule has 0 radical (unpaired) electrons. The van der Waals surface area contributed by atoms with Crippen molar-refractivity contribution >= 4 is 17.6 Å². The molecule has 3 atom stereocenters. The fourth-order valence-corrected chi connectivity index (χ4v) is 4.20. The quantitative estimate of drug-likeness (QED) is 0.738. The lowest BCUT2D eigenvalue weighted by molar-refractivity contribution is -0.317. The zero-order chi connectivity index (χ0) is 20.0. The smallest absolute Gasteiger partial charge is 0.424 e. The van der Waals surface area contributed by atoms with E-state index in [9.17, 15) is 18.0 Å². The van der Waals surface area contributed by atoms with E-state index in [0.29, 0.717) is 18.8 Å². The van der Waals surface area contributed by atoms with E-state index in [0.717, 1.165) is 6.42 Å². The highest BCUT2D eigenvalue weighted by Crippen LogP contribution is 2.46.